The number of ether oxygens (including phenoxy) is 1. The van der Waals surface area contributed by atoms with E-state index in [1.54, 1.807) is 19.1 Å². The van der Waals surface area contributed by atoms with Crippen LogP contribution in [0.15, 0.2) is 30.3 Å². The van der Waals surface area contributed by atoms with Crippen molar-refractivity contribution in [2.45, 2.75) is 33.6 Å². The minimum absolute atomic E-state index is 0.0819. The lowest BCUT2D eigenvalue weighted by atomic mass is 9.94. The molecule has 1 aromatic heterocycles. The molecule has 0 atom stereocenters. The lowest BCUT2D eigenvalue weighted by Crippen LogP contribution is -2.13. The van der Waals surface area contributed by atoms with Gasteiger partial charge < -0.3 is 4.74 Å². The molecule has 0 spiro atoms. The van der Waals surface area contributed by atoms with Crippen LogP contribution in [0.25, 0.3) is 11.1 Å². The first kappa shape index (κ1) is 16.1. The summed E-state index contributed by atoms with van der Waals surface area (Å²) in [6, 6.07) is 7.93. The number of rotatable bonds is 4. The Morgan fingerprint density at radius 2 is 1.91 bits per heavy atom. The SMILES string of the molecule is CCOC(=O)c1c(-c2ccc(F)cc2)cc(C)nc1C(C)C. The van der Waals surface area contributed by atoms with Crippen molar-refractivity contribution in [3.63, 3.8) is 0 Å². The molecular weight excluding hydrogens is 281 g/mol. The van der Waals surface area contributed by atoms with Crippen molar-refractivity contribution in [2.75, 3.05) is 6.61 Å². The molecule has 3 nitrogen and oxygen atoms in total. The van der Waals surface area contributed by atoms with Gasteiger partial charge in [0.15, 0.2) is 0 Å². The van der Waals surface area contributed by atoms with E-state index < -0.39 is 5.97 Å². The summed E-state index contributed by atoms with van der Waals surface area (Å²) in [6.45, 7) is 7.92. The van der Waals surface area contributed by atoms with Crippen LogP contribution in [0.5, 0.6) is 0 Å². The van der Waals surface area contributed by atoms with Crippen molar-refractivity contribution in [3.05, 3.63) is 53.1 Å². The van der Waals surface area contributed by atoms with E-state index in [2.05, 4.69) is 4.98 Å². The highest BCUT2D eigenvalue weighted by Crippen LogP contribution is 2.30. The molecule has 0 aliphatic heterocycles. The number of carbonyl (C=O) groups is 1. The normalized spacial score (nSPS) is 10.8. The van der Waals surface area contributed by atoms with Crippen LogP contribution in [0.2, 0.25) is 0 Å². The molecule has 2 rings (SSSR count). The van der Waals surface area contributed by atoms with E-state index in [1.165, 1.54) is 12.1 Å². The van der Waals surface area contributed by atoms with Crippen LogP contribution >= 0.6 is 0 Å². The van der Waals surface area contributed by atoms with E-state index in [0.29, 0.717) is 17.9 Å². The first-order valence-electron chi connectivity index (χ1n) is 7.38. The molecule has 0 aliphatic carbocycles. The van der Waals surface area contributed by atoms with Crippen molar-refractivity contribution in [1.29, 1.82) is 0 Å². The molecule has 0 saturated carbocycles. The fourth-order valence-electron chi connectivity index (χ4n) is 2.39. The Morgan fingerprint density at radius 3 is 2.45 bits per heavy atom. The van der Waals surface area contributed by atoms with Gasteiger partial charge in [0.05, 0.1) is 17.9 Å². The average Bonchev–Trinajstić information content (AvgIpc) is 2.47. The van der Waals surface area contributed by atoms with Crippen molar-refractivity contribution in [3.8, 4) is 11.1 Å². The van der Waals surface area contributed by atoms with Crippen molar-refractivity contribution < 1.29 is 13.9 Å². The molecule has 1 aromatic carbocycles. The Hall–Kier alpha value is -2.23. The molecule has 22 heavy (non-hydrogen) atoms. The number of esters is 1. The lowest BCUT2D eigenvalue weighted by molar-refractivity contribution is 0.0525. The van der Waals surface area contributed by atoms with Crippen molar-refractivity contribution in [2.24, 2.45) is 0 Å². The van der Waals surface area contributed by atoms with Gasteiger partial charge in [-0.25, -0.2) is 9.18 Å². The van der Waals surface area contributed by atoms with Crippen LogP contribution in [-0.2, 0) is 4.74 Å². The Kier molecular flexibility index (Phi) is 4.91. The Labute approximate surface area is 130 Å². The second kappa shape index (κ2) is 6.69. The van der Waals surface area contributed by atoms with E-state index in [4.69, 9.17) is 4.74 Å². The third kappa shape index (κ3) is 3.32. The van der Waals surface area contributed by atoms with Crippen LogP contribution in [0.1, 0.15) is 48.4 Å². The summed E-state index contributed by atoms with van der Waals surface area (Å²) >= 11 is 0. The maximum atomic E-state index is 13.2. The number of carbonyl (C=O) groups excluding carboxylic acids is 1. The molecule has 2 aromatic rings. The van der Waals surface area contributed by atoms with Crippen LogP contribution in [-0.4, -0.2) is 17.6 Å². The highest BCUT2D eigenvalue weighted by Gasteiger charge is 2.22. The highest BCUT2D eigenvalue weighted by atomic mass is 19.1. The molecule has 0 amide bonds. The summed E-state index contributed by atoms with van der Waals surface area (Å²) in [7, 11) is 0. The molecule has 0 bridgehead atoms. The number of nitrogens with zero attached hydrogens (tertiary/aromatic N) is 1. The molecule has 0 radical (unpaired) electrons. The Balaban J connectivity index is 2.70. The zero-order chi connectivity index (χ0) is 16.3. The molecule has 4 heteroatoms. The van der Waals surface area contributed by atoms with Crippen LogP contribution in [0, 0.1) is 12.7 Å². The van der Waals surface area contributed by atoms with E-state index >= 15 is 0 Å². The fraction of sp³-hybridized carbons (Fsp3) is 0.333. The minimum Gasteiger partial charge on any atom is -0.462 e. The number of aromatic nitrogens is 1. The van der Waals surface area contributed by atoms with E-state index in [0.717, 1.165) is 16.8 Å². The molecule has 0 aliphatic rings. The third-order valence-corrected chi connectivity index (χ3v) is 3.36. The maximum Gasteiger partial charge on any atom is 0.340 e. The molecule has 0 unspecified atom stereocenters. The second-order valence-electron chi connectivity index (χ2n) is 5.45. The molecule has 0 saturated heterocycles. The Bertz CT molecular complexity index is 678. The largest absolute Gasteiger partial charge is 0.462 e. The summed E-state index contributed by atoms with van der Waals surface area (Å²) in [5, 5.41) is 0. The van der Waals surface area contributed by atoms with Crippen molar-refractivity contribution >= 4 is 5.97 Å². The summed E-state index contributed by atoms with van der Waals surface area (Å²) in [4.78, 5) is 16.9. The third-order valence-electron chi connectivity index (χ3n) is 3.36. The number of hydrogen-bond acceptors (Lipinski definition) is 3. The zero-order valence-electron chi connectivity index (χ0n) is 13.3. The smallest absolute Gasteiger partial charge is 0.340 e. The maximum absolute atomic E-state index is 13.2. The number of benzene rings is 1. The standard InChI is InChI=1S/C18H20FNO2/c1-5-22-18(21)16-15(13-6-8-14(19)9-7-13)10-12(4)20-17(16)11(2)3/h6-11H,5H2,1-4H3. The minimum atomic E-state index is -0.391. The highest BCUT2D eigenvalue weighted by molar-refractivity contribution is 5.98. The number of halogens is 1. The van der Waals surface area contributed by atoms with E-state index in [9.17, 15) is 9.18 Å². The van der Waals surface area contributed by atoms with Crippen LogP contribution < -0.4 is 0 Å². The fourth-order valence-corrected chi connectivity index (χ4v) is 2.39. The summed E-state index contributed by atoms with van der Waals surface area (Å²) in [6.07, 6.45) is 0. The summed E-state index contributed by atoms with van der Waals surface area (Å²) < 4.78 is 18.4. The van der Waals surface area contributed by atoms with Crippen LogP contribution in [0.4, 0.5) is 4.39 Å². The van der Waals surface area contributed by atoms with Gasteiger partial charge in [0.2, 0.25) is 0 Å². The van der Waals surface area contributed by atoms with Gasteiger partial charge in [-0.3, -0.25) is 4.98 Å². The monoisotopic (exact) mass is 301 g/mol. The first-order chi connectivity index (χ1) is 10.4. The number of pyridine rings is 1. The van der Waals surface area contributed by atoms with Gasteiger partial charge in [-0.1, -0.05) is 26.0 Å². The van der Waals surface area contributed by atoms with Gasteiger partial charge in [-0.05, 0) is 49.1 Å². The van der Waals surface area contributed by atoms with Gasteiger partial charge in [-0.2, -0.15) is 0 Å². The van der Waals surface area contributed by atoms with E-state index in [1.807, 2.05) is 26.8 Å². The van der Waals surface area contributed by atoms with Gasteiger partial charge in [-0.15, -0.1) is 0 Å². The number of hydrogen-bond donors (Lipinski definition) is 0. The second-order valence-corrected chi connectivity index (χ2v) is 5.45. The van der Waals surface area contributed by atoms with Gasteiger partial charge in [0.25, 0.3) is 0 Å². The molecule has 1 heterocycles. The van der Waals surface area contributed by atoms with Gasteiger partial charge >= 0.3 is 5.97 Å². The number of aryl methyl sites for hydroxylation is 1. The zero-order valence-corrected chi connectivity index (χ0v) is 13.3. The molecular formula is C18H20FNO2. The van der Waals surface area contributed by atoms with Gasteiger partial charge in [0, 0.05) is 5.69 Å². The van der Waals surface area contributed by atoms with Crippen LogP contribution in [0.3, 0.4) is 0 Å². The molecule has 0 N–H and O–H groups in total. The molecule has 116 valence electrons. The summed E-state index contributed by atoms with van der Waals surface area (Å²) in [5.41, 5.74) is 3.49. The average molecular weight is 301 g/mol. The van der Waals surface area contributed by atoms with Crippen molar-refractivity contribution in [1.82, 2.24) is 4.98 Å². The summed E-state index contributed by atoms with van der Waals surface area (Å²) in [5.74, 6) is -0.618. The predicted octanol–water partition coefficient (Wildman–Crippen LogP) is 4.50. The predicted molar refractivity (Wildman–Crippen MR) is 84.4 cm³/mol. The van der Waals surface area contributed by atoms with Gasteiger partial charge in [0.1, 0.15) is 5.82 Å². The topological polar surface area (TPSA) is 39.2 Å². The van der Waals surface area contributed by atoms with E-state index in [-0.39, 0.29) is 11.7 Å². The lowest BCUT2D eigenvalue weighted by Gasteiger charge is -2.16. The molecule has 0 fully saturated rings. The first-order valence-corrected chi connectivity index (χ1v) is 7.38. The Morgan fingerprint density at radius 1 is 1.27 bits per heavy atom. The quantitative estimate of drug-likeness (QED) is 0.781.